The predicted octanol–water partition coefficient (Wildman–Crippen LogP) is 5.25. The third-order valence-corrected chi connectivity index (χ3v) is 5.71. The van der Waals surface area contributed by atoms with Crippen LogP contribution in [0.5, 0.6) is 5.75 Å². The first-order valence-electron chi connectivity index (χ1n) is 10.9. The van der Waals surface area contributed by atoms with Crippen LogP contribution in [-0.2, 0) is 13.1 Å². The molecule has 3 aromatic carbocycles. The third kappa shape index (κ3) is 4.58. The number of imidazole rings is 1. The molecule has 162 valence electrons. The molecular formula is C26H27N5O. The summed E-state index contributed by atoms with van der Waals surface area (Å²) < 4.78 is 2.11. The summed E-state index contributed by atoms with van der Waals surface area (Å²) in [6, 6.07) is 23.4. The first-order chi connectivity index (χ1) is 15.6. The Morgan fingerprint density at radius 1 is 1.03 bits per heavy atom. The van der Waals surface area contributed by atoms with Crippen LogP contribution in [0.25, 0.3) is 11.0 Å². The van der Waals surface area contributed by atoms with Gasteiger partial charge in [-0.15, -0.1) is 0 Å². The van der Waals surface area contributed by atoms with Gasteiger partial charge in [0.2, 0.25) is 5.95 Å². The van der Waals surface area contributed by atoms with Gasteiger partial charge in [0.25, 0.3) is 0 Å². The van der Waals surface area contributed by atoms with E-state index >= 15 is 0 Å². The molecule has 0 unspecified atom stereocenters. The van der Waals surface area contributed by atoms with Gasteiger partial charge in [-0.25, -0.2) is 4.98 Å². The van der Waals surface area contributed by atoms with Crippen molar-refractivity contribution in [1.82, 2.24) is 14.5 Å². The Kier molecular flexibility index (Phi) is 6.39. The Labute approximate surface area is 188 Å². The van der Waals surface area contributed by atoms with E-state index in [1.807, 2.05) is 60.7 Å². The summed E-state index contributed by atoms with van der Waals surface area (Å²) in [4.78, 5) is 7.04. The Morgan fingerprint density at radius 2 is 1.78 bits per heavy atom. The molecule has 0 spiro atoms. The van der Waals surface area contributed by atoms with E-state index in [0.717, 1.165) is 47.5 Å². The van der Waals surface area contributed by atoms with Crippen molar-refractivity contribution in [2.45, 2.75) is 26.9 Å². The van der Waals surface area contributed by atoms with Crippen molar-refractivity contribution in [3.8, 4) is 11.8 Å². The molecule has 32 heavy (non-hydrogen) atoms. The van der Waals surface area contributed by atoms with Crippen molar-refractivity contribution in [3.63, 3.8) is 0 Å². The van der Waals surface area contributed by atoms with Gasteiger partial charge in [0.05, 0.1) is 29.2 Å². The van der Waals surface area contributed by atoms with Crippen LogP contribution in [0, 0.1) is 11.3 Å². The number of hydrogen-bond acceptors (Lipinski definition) is 5. The average Bonchev–Trinajstić information content (AvgIpc) is 3.16. The maximum absolute atomic E-state index is 10.6. The third-order valence-electron chi connectivity index (χ3n) is 5.71. The van der Waals surface area contributed by atoms with E-state index in [1.54, 1.807) is 6.07 Å². The second-order valence-corrected chi connectivity index (χ2v) is 7.75. The van der Waals surface area contributed by atoms with Crippen LogP contribution in [0.3, 0.4) is 0 Å². The van der Waals surface area contributed by atoms with Crippen molar-refractivity contribution in [2.24, 2.45) is 0 Å². The number of nitrogens with one attached hydrogen (secondary N) is 1. The van der Waals surface area contributed by atoms with Crippen molar-refractivity contribution < 1.29 is 5.11 Å². The minimum absolute atomic E-state index is 0.275. The Bertz CT molecular complexity index is 1250. The summed E-state index contributed by atoms with van der Waals surface area (Å²) in [5.74, 6) is 0.975. The van der Waals surface area contributed by atoms with Gasteiger partial charge in [-0.1, -0.05) is 44.2 Å². The maximum Gasteiger partial charge on any atom is 0.208 e. The smallest absolute Gasteiger partial charge is 0.208 e. The van der Waals surface area contributed by atoms with E-state index in [1.165, 1.54) is 0 Å². The van der Waals surface area contributed by atoms with E-state index in [0.29, 0.717) is 18.1 Å². The van der Waals surface area contributed by atoms with Gasteiger partial charge in [-0.2, -0.15) is 5.26 Å². The van der Waals surface area contributed by atoms with Gasteiger partial charge < -0.3 is 15.0 Å². The fraction of sp³-hybridized carbons (Fsp3) is 0.231. The summed E-state index contributed by atoms with van der Waals surface area (Å²) in [7, 11) is 0. The number of aromatic nitrogens is 2. The molecule has 2 N–H and O–H groups in total. The van der Waals surface area contributed by atoms with Gasteiger partial charge in [-0.3, -0.25) is 4.90 Å². The van der Waals surface area contributed by atoms with Crippen LogP contribution < -0.4 is 5.32 Å². The minimum Gasteiger partial charge on any atom is -0.508 e. The summed E-state index contributed by atoms with van der Waals surface area (Å²) in [6.07, 6.45) is 0. The fourth-order valence-electron chi connectivity index (χ4n) is 3.79. The predicted molar refractivity (Wildman–Crippen MR) is 128 cm³/mol. The van der Waals surface area contributed by atoms with Crippen LogP contribution in [0.15, 0.2) is 66.7 Å². The van der Waals surface area contributed by atoms with Crippen LogP contribution in [0.1, 0.15) is 30.5 Å². The first-order valence-corrected chi connectivity index (χ1v) is 10.9. The average molecular weight is 426 g/mol. The molecule has 1 aromatic heterocycles. The SMILES string of the molecule is CCN(CC)Cc1ccc(Nc2nc3ccccc3n2Cc2ccc(C#N)cc2)cc1O. The molecule has 0 radical (unpaired) electrons. The molecule has 6 nitrogen and oxygen atoms in total. The summed E-state index contributed by atoms with van der Waals surface area (Å²) in [6.45, 7) is 7.45. The standard InChI is InChI=1S/C26H27N5O/c1-3-30(4-2)18-21-13-14-22(15-25(21)32)28-26-29-23-7-5-6-8-24(23)31(26)17-20-11-9-19(16-27)10-12-20/h5-15,32H,3-4,17-18H2,1-2H3,(H,28,29). The molecule has 0 bridgehead atoms. The number of anilines is 2. The first kappa shape index (κ1) is 21.4. The highest BCUT2D eigenvalue weighted by Crippen LogP contribution is 2.28. The number of phenolic OH excluding ortho intramolecular Hbond substituents is 1. The Hall–Kier alpha value is -3.82. The van der Waals surface area contributed by atoms with Crippen molar-refractivity contribution >= 4 is 22.7 Å². The van der Waals surface area contributed by atoms with Crippen LogP contribution >= 0.6 is 0 Å². The molecule has 0 amide bonds. The molecule has 4 aromatic rings. The topological polar surface area (TPSA) is 77.1 Å². The summed E-state index contributed by atoms with van der Waals surface area (Å²) >= 11 is 0. The van der Waals surface area contributed by atoms with Crippen LogP contribution in [0.4, 0.5) is 11.6 Å². The van der Waals surface area contributed by atoms with Gasteiger partial charge in [0.15, 0.2) is 0 Å². The molecule has 0 aliphatic rings. The lowest BCUT2D eigenvalue weighted by molar-refractivity contribution is 0.291. The number of aromatic hydroxyl groups is 1. The quantitative estimate of drug-likeness (QED) is 0.403. The molecule has 0 aliphatic carbocycles. The lowest BCUT2D eigenvalue weighted by Gasteiger charge is -2.19. The minimum atomic E-state index is 0.275. The number of hydrogen-bond donors (Lipinski definition) is 2. The van der Waals surface area contributed by atoms with E-state index in [4.69, 9.17) is 10.2 Å². The number of nitrogens with zero attached hydrogens (tertiary/aromatic N) is 4. The monoisotopic (exact) mass is 425 g/mol. The molecule has 0 atom stereocenters. The zero-order chi connectivity index (χ0) is 22.5. The number of fused-ring (bicyclic) bond motifs is 1. The molecule has 4 rings (SSSR count). The molecule has 0 fully saturated rings. The number of rotatable bonds is 8. The number of phenols is 1. The molecule has 1 heterocycles. The lowest BCUT2D eigenvalue weighted by atomic mass is 10.1. The molecule has 0 saturated carbocycles. The highest BCUT2D eigenvalue weighted by atomic mass is 16.3. The molecule has 0 aliphatic heterocycles. The molecule has 6 heteroatoms. The molecular weight excluding hydrogens is 398 g/mol. The van der Waals surface area contributed by atoms with Gasteiger partial charge >= 0.3 is 0 Å². The summed E-state index contributed by atoms with van der Waals surface area (Å²) in [5.41, 5.74) is 5.32. The van der Waals surface area contributed by atoms with Crippen LogP contribution in [0.2, 0.25) is 0 Å². The van der Waals surface area contributed by atoms with Crippen LogP contribution in [-0.4, -0.2) is 32.6 Å². The fourth-order valence-corrected chi connectivity index (χ4v) is 3.79. The maximum atomic E-state index is 10.6. The second-order valence-electron chi connectivity index (χ2n) is 7.75. The van der Waals surface area contributed by atoms with E-state index in [2.05, 4.69) is 34.7 Å². The zero-order valence-electron chi connectivity index (χ0n) is 18.4. The zero-order valence-corrected chi connectivity index (χ0v) is 18.4. The van der Waals surface area contributed by atoms with Gasteiger partial charge in [0, 0.05) is 23.9 Å². The lowest BCUT2D eigenvalue weighted by Crippen LogP contribution is -2.22. The van der Waals surface area contributed by atoms with E-state index < -0.39 is 0 Å². The normalized spacial score (nSPS) is 11.1. The van der Waals surface area contributed by atoms with Crippen molar-refractivity contribution in [3.05, 3.63) is 83.4 Å². The largest absolute Gasteiger partial charge is 0.508 e. The van der Waals surface area contributed by atoms with E-state index in [-0.39, 0.29) is 5.75 Å². The van der Waals surface area contributed by atoms with Gasteiger partial charge in [0.1, 0.15) is 5.75 Å². The Morgan fingerprint density at radius 3 is 2.47 bits per heavy atom. The van der Waals surface area contributed by atoms with Gasteiger partial charge in [-0.05, 0) is 49.0 Å². The van der Waals surface area contributed by atoms with E-state index in [9.17, 15) is 5.11 Å². The summed E-state index contributed by atoms with van der Waals surface area (Å²) in [5, 5.41) is 23.0. The Balaban J connectivity index is 1.63. The molecule has 0 saturated heterocycles. The van der Waals surface area contributed by atoms with Crippen molar-refractivity contribution in [2.75, 3.05) is 18.4 Å². The second kappa shape index (κ2) is 9.54. The van der Waals surface area contributed by atoms with Crippen molar-refractivity contribution in [1.29, 1.82) is 5.26 Å². The highest BCUT2D eigenvalue weighted by molar-refractivity contribution is 5.80. The number of para-hydroxylation sites is 2. The number of nitriles is 1. The number of benzene rings is 3. The highest BCUT2D eigenvalue weighted by Gasteiger charge is 2.13.